The number of carbonyl (C=O) groups is 2. The number of halogens is 5. The van der Waals surface area contributed by atoms with Crippen LogP contribution in [-0.2, 0) is 15.2 Å². The average molecular weight is 447 g/mol. The lowest BCUT2D eigenvalue weighted by molar-refractivity contribution is -0.159. The van der Waals surface area contributed by atoms with E-state index in [1.54, 1.807) is 30.3 Å². The van der Waals surface area contributed by atoms with Crippen molar-refractivity contribution in [3.63, 3.8) is 0 Å². The highest BCUT2D eigenvalue weighted by atomic mass is 19.2. The molecule has 1 aliphatic rings. The van der Waals surface area contributed by atoms with Gasteiger partial charge in [-0.15, -0.1) is 0 Å². The zero-order valence-corrected chi connectivity index (χ0v) is 16.2. The quantitative estimate of drug-likeness (QED) is 0.324. The maximum absolute atomic E-state index is 14.1. The van der Waals surface area contributed by atoms with Crippen LogP contribution in [0.3, 0.4) is 0 Å². The zero-order chi connectivity index (χ0) is 23.3. The fraction of sp³-hybridized carbons (Fsp3) is 0.300. The fourth-order valence-electron chi connectivity index (χ4n) is 3.04. The number of piperidine rings is 1. The molecule has 0 radical (unpaired) electrons. The molecule has 0 aromatic heterocycles. The third-order valence-electron chi connectivity index (χ3n) is 4.74. The summed E-state index contributed by atoms with van der Waals surface area (Å²) in [5, 5.41) is 14.8. The Kier molecular flexibility index (Phi) is 7.55. The Hall–Kier alpha value is -3.21. The summed E-state index contributed by atoms with van der Waals surface area (Å²) in [4.78, 5) is 20.2. The molecule has 0 atom stereocenters. The monoisotopic (exact) mass is 447 g/mol. The Labute approximate surface area is 173 Å². The van der Waals surface area contributed by atoms with Crippen molar-refractivity contribution in [2.45, 2.75) is 18.4 Å². The second kappa shape index (κ2) is 9.73. The molecule has 11 heteroatoms. The summed E-state index contributed by atoms with van der Waals surface area (Å²) >= 11 is 0. The molecule has 2 aromatic carbocycles. The molecule has 1 aliphatic heterocycles. The number of rotatable bonds is 3. The number of ether oxygens (including phenoxy) is 1. The van der Waals surface area contributed by atoms with E-state index in [1.807, 2.05) is 11.9 Å². The van der Waals surface area contributed by atoms with Crippen LogP contribution >= 0.6 is 0 Å². The highest BCUT2D eigenvalue weighted by Crippen LogP contribution is 2.40. The van der Waals surface area contributed by atoms with Crippen molar-refractivity contribution >= 4 is 11.9 Å². The van der Waals surface area contributed by atoms with Gasteiger partial charge in [0.05, 0.1) is 0 Å². The van der Waals surface area contributed by atoms with Gasteiger partial charge in [-0.1, -0.05) is 30.3 Å². The lowest BCUT2D eigenvalue weighted by Gasteiger charge is -2.41. The van der Waals surface area contributed by atoms with Gasteiger partial charge in [0.25, 0.3) is 0 Å². The smallest absolute Gasteiger partial charge is 0.414 e. The van der Waals surface area contributed by atoms with Gasteiger partial charge >= 0.3 is 11.9 Å². The standard InChI is InChI=1S/C18H16F5NO.C2H2O4/c1-24-9-7-18(8-10-24,11-5-3-2-4-6-11)25-17-15(22)13(20)12(19)14(21)16(17)23;3-1(4)2(5)6/h2-6H,7-10H2,1H3;(H,3,4)(H,5,6). The van der Waals surface area contributed by atoms with Gasteiger partial charge in [0.1, 0.15) is 5.60 Å². The summed E-state index contributed by atoms with van der Waals surface area (Å²) in [6.45, 7) is 1.12. The molecule has 0 bridgehead atoms. The van der Waals surface area contributed by atoms with Crippen LogP contribution in [0.2, 0.25) is 0 Å². The number of carboxylic acids is 2. The van der Waals surface area contributed by atoms with E-state index < -0.39 is 52.4 Å². The number of aliphatic carboxylic acids is 2. The fourth-order valence-corrected chi connectivity index (χ4v) is 3.04. The van der Waals surface area contributed by atoms with Crippen LogP contribution in [0.1, 0.15) is 18.4 Å². The van der Waals surface area contributed by atoms with Crippen molar-refractivity contribution in [2.24, 2.45) is 0 Å². The zero-order valence-electron chi connectivity index (χ0n) is 16.2. The number of carboxylic acid groups (broad SMARTS) is 2. The summed E-state index contributed by atoms with van der Waals surface area (Å²) in [7, 11) is 1.88. The first-order valence-electron chi connectivity index (χ1n) is 8.91. The summed E-state index contributed by atoms with van der Waals surface area (Å²) in [6.07, 6.45) is 0.708. The van der Waals surface area contributed by atoms with E-state index in [-0.39, 0.29) is 0 Å². The third-order valence-corrected chi connectivity index (χ3v) is 4.74. The molecule has 0 amide bonds. The molecule has 0 aliphatic carbocycles. The summed E-state index contributed by atoms with van der Waals surface area (Å²) in [5.74, 6) is -15.0. The highest BCUT2D eigenvalue weighted by molar-refractivity contribution is 6.27. The van der Waals surface area contributed by atoms with Gasteiger partial charge in [0, 0.05) is 25.9 Å². The normalized spacial score (nSPS) is 15.5. The van der Waals surface area contributed by atoms with Gasteiger partial charge in [0.15, 0.2) is 5.75 Å². The number of likely N-dealkylation sites (tertiary alicyclic amines) is 1. The van der Waals surface area contributed by atoms with Crippen LogP contribution in [0, 0.1) is 29.1 Å². The van der Waals surface area contributed by atoms with Crippen LogP contribution in [0.15, 0.2) is 30.3 Å². The van der Waals surface area contributed by atoms with E-state index >= 15 is 0 Å². The van der Waals surface area contributed by atoms with Gasteiger partial charge in [0.2, 0.25) is 29.1 Å². The number of nitrogens with zero attached hydrogens (tertiary/aromatic N) is 1. The Morgan fingerprint density at radius 3 is 1.68 bits per heavy atom. The van der Waals surface area contributed by atoms with Crippen molar-refractivity contribution < 1.29 is 46.5 Å². The molecule has 1 saturated heterocycles. The average Bonchev–Trinajstić information content (AvgIpc) is 2.76. The summed E-state index contributed by atoms with van der Waals surface area (Å²) < 4.78 is 73.9. The van der Waals surface area contributed by atoms with Gasteiger partial charge < -0.3 is 19.8 Å². The van der Waals surface area contributed by atoms with Crippen molar-refractivity contribution in [3.05, 3.63) is 65.0 Å². The minimum absolute atomic E-state index is 0.354. The Morgan fingerprint density at radius 1 is 0.839 bits per heavy atom. The number of hydrogen-bond acceptors (Lipinski definition) is 4. The van der Waals surface area contributed by atoms with Crippen LogP contribution in [-0.4, -0.2) is 47.2 Å². The first-order valence-corrected chi connectivity index (χ1v) is 8.91. The van der Waals surface area contributed by atoms with E-state index in [0.29, 0.717) is 31.5 Å². The first kappa shape index (κ1) is 24.1. The van der Waals surface area contributed by atoms with Crippen LogP contribution < -0.4 is 4.74 Å². The minimum Gasteiger partial charge on any atom is -0.476 e. The molecule has 31 heavy (non-hydrogen) atoms. The molecule has 1 fully saturated rings. The molecule has 2 N–H and O–H groups in total. The highest BCUT2D eigenvalue weighted by Gasteiger charge is 2.40. The van der Waals surface area contributed by atoms with Gasteiger partial charge in [-0.2, -0.15) is 8.78 Å². The largest absolute Gasteiger partial charge is 0.476 e. The van der Waals surface area contributed by atoms with Crippen molar-refractivity contribution in [1.82, 2.24) is 4.90 Å². The van der Waals surface area contributed by atoms with E-state index in [4.69, 9.17) is 24.5 Å². The molecule has 0 saturated carbocycles. The van der Waals surface area contributed by atoms with Crippen LogP contribution in [0.4, 0.5) is 22.0 Å². The van der Waals surface area contributed by atoms with Crippen molar-refractivity contribution in [2.75, 3.05) is 20.1 Å². The van der Waals surface area contributed by atoms with Crippen molar-refractivity contribution in [1.29, 1.82) is 0 Å². The lowest BCUT2D eigenvalue weighted by atomic mass is 9.84. The van der Waals surface area contributed by atoms with Crippen LogP contribution in [0.5, 0.6) is 5.75 Å². The van der Waals surface area contributed by atoms with Gasteiger partial charge in [-0.05, 0) is 12.6 Å². The predicted octanol–water partition coefficient (Wildman–Crippen LogP) is 3.54. The van der Waals surface area contributed by atoms with E-state index in [9.17, 15) is 22.0 Å². The Balaban J connectivity index is 0.000000501. The maximum Gasteiger partial charge on any atom is 0.414 e. The lowest BCUT2D eigenvalue weighted by Crippen LogP contribution is -2.45. The van der Waals surface area contributed by atoms with Crippen molar-refractivity contribution in [3.8, 4) is 5.75 Å². The molecule has 1 heterocycles. The molecule has 6 nitrogen and oxygen atoms in total. The van der Waals surface area contributed by atoms with E-state index in [2.05, 4.69) is 0 Å². The summed E-state index contributed by atoms with van der Waals surface area (Å²) in [6, 6.07) is 8.67. The second-order valence-corrected chi connectivity index (χ2v) is 6.77. The SMILES string of the molecule is CN1CCC(Oc2c(F)c(F)c(F)c(F)c2F)(c2ccccc2)CC1.O=C(O)C(=O)O. The minimum atomic E-state index is -2.19. The molecule has 3 rings (SSSR count). The number of hydrogen-bond donors (Lipinski definition) is 2. The predicted molar refractivity (Wildman–Crippen MR) is 97.0 cm³/mol. The molecular formula is C20H18F5NO5. The van der Waals surface area contributed by atoms with Gasteiger partial charge in [-0.3, -0.25) is 0 Å². The van der Waals surface area contributed by atoms with E-state index in [0.717, 1.165) is 0 Å². The van der Waals surface area contributed by atoms with Crippen LogP contribution in [0.25, 0.3) is 0 Å². The van der Waals surface area contributed by atoms with Gasteiger partial charge in [-0.25, -0.2) is 22.8 Å². The third kappa shape index (κ3) is 5.29. The molecule has 0 unspecified atom stereocenters. The molecule has 2 aromatic rings. The number of benzene rings is 2. The first-order chi connectivity index (χ1) is 14.5. The summed E-state index contributed by atoms with van der Waals surface area (Å²) in [5.41, 5.74) is -0.529. The maximum atomic E-state index is 14.1. The molecule has 168 valence electrons. The molecule has 0 spiro atoms. The molecular weight excluding hydrogens is 429 g/mol. The van der Waals surface area contributed by atoms with E-state index in [1.165, 1.54) is 0 Å². The Morgan fingerprint density at radius 2 is 1.26 bits per heavy atom. The topological polar surface area (TPSA) is 87.1 Å². The Bertz CT molecular complexity index is 921. The second-order valence-electron chi connectivity index (χ2n) is 6.77.